The van der Waals surface area contributed by atoms with Crippen LogP contribution in [0.4, 0.5) is 0 Å². The summed E-state index contributed by atoms with van der Waals surface area (Å²) in [6.07, 6.45) is 4.31. The van der Waals surface area contributed by atoms with E-state index < -0.39 is 0 Å². The second-order valence-electron chi connectivity index (χ2n) is 7.21. The number of likely N-dealkylation sites (tertiary alicyclic amines) is 1. The lowest BCUT2D eigenvalue weighted by Gasteiger charge is -2.28. The first-order valence-electron chi connectivity index (χ1n) is 8.83. The molecule has 1 aliphatic carbocycles. The molecular weight excluding hydrogens is 340 g/mol. The summed E-state index contributed by atoms with van der Waals surface area (Å²) in [6.45, 7) is 3.03. The minimum atomic E-state index is -0.110. The van der Waals surface area contributed by atoms with Gasteiger partial charge in [-0.2, -0.15) is 0 Å². The Bertz CT molecular complexity index is 671. The van der Waals surface area contributed by atoms with E-state index in [9.17, 15) is 9.59 Å². The lowest BCUT2D eigenvalue weighted by molar-refractivity contribution is -0.132. The van der Waals surface area contributed by atoms with E-state index in [1.165, 1.54) is 0 Å². The van der Waals surface area contributed by atoms with Crippen LogP contribution >= 0.6 is 11.6 Å². The fourth-order valence-electron chi connectivity index (χ4n) is 4.29. The molecular formula is C19H25ClN2O3. The van der Waals surface area contributed by atoms with Crippen LogP contribution < -0.4 is 10.1 Å². The number of ether oxygens (including phenoxy) is 1. The number of hydrogen-bond donors (Lipinski definition) is 1. The molecule has 25 heavy (non-hydrogen) atoms. The fourth-order valence-corrected chi connectivity index (χ4v) is 4.51. The van der Waals surface area contributed by atoms with Crippen LogP contribution in [0.3, 0.4) is 0 Å². The fraction of sp³-hybridized carbons (Fsp3) is 0.579. The summed E-state index contributed by atoms with van der Waals surface area (Å²) in [4.78, 5) is 26.7. The number of aryl methyl sites for hydroxylation is 1. The molecule has 1 saturated carbocycles. The maximum absolute atomic E-state index is 12.6. The topological polar surface area (TPSA) is 58.6 Å². The molecule has 1 heterocycles. The maximum Gasteiger partial charge on any atom is 0.260 e. The van der Waals surface area contributed by atoms with Crippen molar-refractivity contribution in [3.8, 4) is 5.75 Å². The van der Waals surface area contributed by atoms with Gasteiger partial charge in [0.15, 0.2) is 6.61 Å². The highest BCUT2D eigenvalue weighted by molar-refractivity contribution is 6.30. The van der Waals surface area contributed by atoms with Crippen molar-refractivity contribution in [2.24, 2.45) is 11.3 Å². The number of hydrogen-bond acceptors (Lipinski definition) is 3. The Hall–Kier alpha value is -1.75. The highest BCUT2D eigenvalue weighted by atomic mass is 35.5. The van der Waals surface area contributed by atoms with Crippen molar-refractivity contribution in [2.75, 3.05) is 26.7 Å². The summed E-state index contributed by atoms with van der Waals surface area (Å²) >= 11 is 5.94. The predicted octanol–water partition coefficient (Wildman–Crippen LogP) is 2.79. The molecule has 1 aromatic carbocycles. The van der Waals surface area contributed by atoms with Crippen LogP contribution in [0.25, 0.3) is 0 Å². The molecule has 0 bridgehead atoms. The van der Waals surface area contributed by atoms with E-state index in [0.717, 1.165) is 31.2 Å². The number of nitrogens with one attached hydrogen (secondary N) is 1. The van der Waals surface area contributed by atoms with Crippen LogP contribution in [0.2, 0.25) is 5.02 Å². The van der Waals surface area contributed by atoms with Gasteiger partial charge in [-0.05, 0) is 43.5 Å². The summed E-state index contributed by atoms with van der Waals surface area (Å²) in [7, 11) is 1.67. The SMILES string of the molecule is CNC(=O)C1CN(C(=O)COc2ccc(Cl)cc2C)CC12CCCC2. The van der Waals surface area contributed by atoms with E-state index in [2.05, 4.69) is 5.32 Å². The lowest BCUT2D eigenvalue weighted by Crippen LogP contribution is -2.38. The quantitative estimate of drug-likeness (QED) is 0.893. The van der Waals surface area contributed by atoms with Crippen LogP contribution in [-0.2, 0) is 9.59 Å². The van der Waals surface area contributed by atoms with Crippen LogP contribution in [0.1, 0.15) is 31.2 Å². The van der Waals surface area contributed by atoms with Gasteiger partial charge < -0.3 is 15.0 Å². The Morgan fingerprint density at radius 2 is 2.08 bits per heavy atom. The second-order valence-corrected chi connectivity index (χ2v) is 7.65. The van der Waals surface area contributed by atoms with E-state index in [0.29, 0.717) is 23.9 Å². The van der Waals surface area contributed by atoms with Gasteiger partial charge >= 0.3 is 0 Å². The highest BCUT2D eigenvalue weighted by Crippen LogP contribution is 2.49. The van der Waals surface area contributed by atoms with Crippen molar-refractivity contribution in [3.05, 3.63) is 28.8 Å². The van der Waals surface area contributed by atoms with Gasteiger partial charge in [-0.25, -0.2) is 0 Å². The van der Waals surface area contributed by atoms with Crippen molar-refractivity contribution < 1.29 is 14.3 Å². The Labute approximate surface area is 153 Å². The van der Waals surface area contributed by atoms with Gasteiger partial charge in [-0.15, -0.1) is 0 Å². The second kappa shape index (κ2) is 7.24. The van der Waals surface area contributed by atoms with Gasteiger partial charge in [-0.3, -0.25) is 9.59 Å². The molecule has 0 radical (unpaired) electrons. The molecule has 3 rings (SSSR count). The van der Waals surface area contributed by atoms with Crippen molar-refractivity contribution in [1.82, 2.24) is 10.2 Å². The Kier molecular flexibility index (Phi) is 5.23. The van der Waals surface area contributed by atoms with Gasteiger partial charge in [-0.1, -0.05) is 24.4 Å². The summed E-state index contributed by atoms with van der Waals surface area (Å²) < 4.78 is 5.69. The van der Waals surface area contributed by atoms with Crippen molar-refractivity contribution >= 4 is 23.4 Å². The molecule has 1 N–H and O–H groups in total. The van der Waals surface area contributed by atoms with Crippen LogP contribution in [0.5, 0.6) is 5.75 Å². The molecule has 5 nitrogen and oxygen atoms in total. The van der Waals surface area contributed by atoms with E-state index in [-0.39, 0.29) is 29.8 Å². The van der Waals surface area contributed by atoms with Crippen LogP contribution in [0.15, 0.2) is 18.2 Å². The molecule has 0 aromatic heterocycles. The van der Waals surface area contributed by atoms with Crippen molar-refractivity contribution in [2.45, 2.75) is 32.6 Å². The molecule has 136 valence electrons. The van der Waals surface area contributed by atoms with Crippen LogP contribution in [0, 0.1) is 18.3 Å². The van der Waals surface area contributed by atoms with E-state index in [1.54, 1.807) is 24.1 Å². The molecule has 1 unspecified atom stereocenters. The number of carbonyl (C=O) groups is 2. The first-order chi connectivity index (χ1) is 11.9. The minimum absolute atomic E-state index is 0.0149. The Balaban J connectivity index is 1.65. The number of halogens is 1. The zero-order chi connectivity index (χ0) is 18.0. The molecule has 2 aliphatic rings. The summed E-state index contributed by atoms with van der Waals surface area (Å²) in [6, 6.07) is 5.34. The van der Waals surface area contributed by atoms with Gasteiger partial charge in [0.25, 0.3) is 5.91 Å². The van der Waals surface area contributed by atoms with E-state index in [4.69, 9.17) is 16.3 Å². The first kappa shape index (κ1) is 18.1. The average Bonchev–Trinajstić information content (AvgIpc) is 3.21. The third-order valence-electron chi connectivity index (χ3n) is 5.65. The van der Waals surface area contributed by atoms with Crippen LogP contribution in [-0.4, -0.2) is 43.5 Å². The molecule has 1 saturated heterocycles. The number of rotatable bonds is 4. The molecule has 1 aliphatic heterocycles. The molecule has 6 heteroatoms. The lowest BCUT2D eigenvalue weighted by atomic mass is 9.76. The Morgan fingerprint density at radius 3 is 2.72 bits per heavy atom. The smallest absolute Gasteiger partial charge is 0.260 e. The summed E-state index contributed by atoms with van der Waals surface area (Å²) in [5.41, 5.74) is 0.851. The van der Waals surface area contributed by atoms with Gasteiger partial charge in [0.05, 0.1) is 5.92 Å². The largest absolute Gasteiger partial charge is 0.483 e. The first-order valence-corrected chi connectivity index (χ1v) is 9.21. The van der Waals surface area contributed by atoms with Crippen molar-refractivity contribution in [1.29, 1.82) is 0 Å². The number of benzene rings is 1. The number of nitrogens with zero attached hydrogens (tertiary/aromatic N) is 1. The molecule has 1 spiro atoms. The number of carbonyl (C=O) groups excluding carboxylic acids is 2. The average molecular weight is 365 g/mol. The zero-order valence-corrected chi connectivity index (χ0v) is 15.6. The summed E-state index contributed by atoms with van der Waals surface area (Å²) in [5, 5.41) is 3.41. The number of amides is 2. The summed E-state index contributed by atoms with van der Waals surface area (Å²) in [5.74, 6) is 0.537. The van der Waals surface area contributed by atoms with Gasteiger partial charge in [0.2, 0.25) is 5.91 Å². The van der Waals surface area contributed by atoms with E-state index in [1.807, 2.05) is 13.0 Å². The normalized spacial score (nSPS) is 21.6. The maximum atomic E-state index is 12.6. The third kappa shape index (κ3) is 3.61. The predicted molar refractivity (Wildman–Crippen MR) is 96.7 cm³/mol. The third-order valence-corrected chi connectivity index (χ3v) is 5.89. The van der Waals surface area contributed by atoms with E-state index >= 15 is 0 Å². The highest BCUT2D eigenvalue weighted by Gasteiger charge is 2.52. The Morgan fingerprint density at radius 1 is 1.36 bits per heavy atom. The molecule has 2 fully saturated rings. The molecule has 1 aromatic rings. The standard InChI is InChI=1S/C19H25ClN2O3/c1-13-9-14(20)5-6-16(13)25-11-17(23)22-10-15(18(24)21-2)19(12-22)7-3-4-8-19/h5-6,9,15H,3-4,7-8,10-12H2,1-2H3,(H,21,24). The van der Waals surface area contributed by atoms with Crippen molar-refractivity contribution in [3.63, 3.8) is 0 Å². The zero-order valence-electron chi connectivity index (χ0n) is 14.8. The molecule has 1 atom stereocenters. The molecule has 2 amide bonds. The monoisotopic (exact) mass is 364 g/mol. The minimum Gasteiger partial charge on any atom is -0.483 e. The van der Waals surface area contributed by atoms with Gasteiger partial charge in [0.1, 0.15) is 5.75 Å². The van der Waals surface area contributed by atoms with Gasteiger partial charge in [0, 0.05) is 30.6 Å².